The largest absolute Gasteiger partial charge is 0.484 e. The Bertz CT molecular complexity index is 902. The first-order valence-corrected chi connectivity index (χ1v) is 8.28. The molecule has 3 aromatic rings. The van der Waals surface area contributed by atoms with E-state index in [1.165, 1.54) is 0 Å². The molecule has 1 amide bonds. The van der Waals surface area contributed by atoms with Gasteiger partial charge in [0, 0.05) is 5.69 Å². The number of rotatable bonds is 6. The van der Waals surface area contributed by atoms with E-state index < -0.39 is 0 Å². The molecule has 0 aliphatic rings. The number of anilines is 1. The van der Waals surface area contributed by atoms with Gasteiger partial charge in [-0.25, -0.2) is 0 Å². The highest BCUT2D eigenvalue weighted by atomic mass is 16.5. The van der Waals surface area contributed by atoms with Gasteiger partial charge in [-0.15, -0.1) is 0 Å². The van der Waals surface area contributed by atoms with E-state index >= 15 is 0 Å². The summed E-state index contributed by atoms with van der Waals surface area (Å²) in [5.74, 6) is 0.354. The van der Waals surface area contributed by atoms with Crippen LogP contribution in [0.25, 0.3) is 0 Å². The summed E-state index contributed by atoms with van der Waals surface area (Å²) in [6.07, 6.45) is 0. The lowest BCUT2D eigenvalue weighted by molar-refractivity contribution is -0.120. The standard InChI is InChI=1S/C22H18N2O2/c23-15-19-10-7-13-21(14-19)26-17-22(25)24(20-11-5-2-6-12-20)16-18-8-3-1-4-9-18/h1-14H,16-17H2. The van der Waals surface area contributed by atoms with Gasteiger partial charge < -0.3 is 9.64 Å². The molecule has 4 nitrogen and oxygen atoms in total. The normalized spacial score (nSPS) is 9.96. The summed E-state index contributed by atoms with van der Waals surface area (Å²) in [5, 5.41) is 8.96. The quantitative estimate of drug-likeness (QED) is 0.675. The molecule has 0 saturated carbocycles. The molecule has 0 N–H and O–H groups in total. The molecule has 0 heterocycles. The van der Waals surface area contributed by atoms with Crippen molar-refractivity contribution in [2.24, 2.45) is 0 Å². The summed E-state index contributed by atoms with van der Waals surface area (Å²) >= 11 is 0. The van der Waals surface area contributed by atoms with Gasteiger partial charge in [0.1, 0.15) is 5.75 Å². The molecule has 3 rings (SSSR count). The Morgan fingerprint density at radius 1 is 0.923 bits per heavy atom. The Morgan fingerprint density at radius 2 is 1.62 bits per heavy atom. The molecule has 0 fully saturated rings. The lowest BCUT2D eigenvalue weighted by atomic mass is 10.2. The van der Waals surface area contributed by atoms with Crippen LogP contribution in [0.3, 0.4) is 0 Å². The zero-order valence-corrected chi connectivity index (χ0v) is 14.2. The second-order valence-electron chi connectivity index (χ2n) is 5.73. The molecule has 3 aromatic carbocycles. The Labute approximate surface area is 152 Å². The monoisotopic (exact) mass is 342 g/mol. The molecule has 128 valence electrons. The number of hydrogen-bond donors (Lipinski definition) is 0. The van der Waals surface area contributed by atoms with Crippen molar-refractivity contribution in [2.75, 3.05) is 11.5 Å². The average Bonchev–Trinajstić information content (AvgIpc) is 2.72. The van der Waals surface area contributed by atoms with Crippen molar-refractivity contribution < 1.29 is 9.53 Å². The fraction of sp³-hybridized carbons (Fsp3) is 0.0909. The van der Waals surface area contributed by atoms with Gasteiger partial charge in [0.25, 0.3) is 5.91 Å². The van der Waals surface area contributed by atoms with Crippen LogP contribution in [0.4, 0.5) is 5.69 Å². The molecule has 0 aliphatic heterocycles. The van der Waals surface area contributed by atoms with Crippen molar-refractivity contribution in [3.8, 4) is 11.8 Å². The first-order chi connectivity index (χ1) is 12.8. The number of para-hydroxylation sites is 1. The molecular formula is C22H18N2O2. The van der Waals surface area contributed by atoms with Gasteiger partial charge in [0.2, 0.25) is 0 Å². The zero-order valence-electron chi connectivity index (χ0n) is 14.2. The fourth-order valence-corrected chi connectivity index (χ4v) is 2.58. The van der Waals surface area contributed by atoms with Gasteiger partial charge >= 0.3 is 0 Å². The number of hydrogen-bond acceptors (Lipinski definition) is 3. The number of ether oxygens (including phenoxy) is 1. The first-order valence-electron chi connectivity index (χ1n) is 8.28. The zero-order chi connectivity index (χ0) is 18.2. The Hall–Kier alpha value is -3.58. The highest BCUT2D eigenvalue weighted by molar-refractivity contribution is 5.94. The molecular weight excluding hydrogens is 324 g/mol. The minimum absolute atomic E-state index is 0.101. The number of benzene rings is 3. The molecule has 0 saturated heterocycles. The summed E-state index contributed by atoms with van der Waals surface area (Å²) in [5.41, 5.74) is 2.35. The van der Waals surface area contributed by atoms with Crippen LogP contribution in [-0.2, 0) is 11.3 Å². The number of carbonyl (C=O) groups excluding carboxylic acids is 1. The van der Waals surface area contributed by atoms with Gasteiger partial charge in [-0.1, -0.05) is 54.6 Å². The molecule has 4 heteroatoms. The molecule has 0 spiro atoms. The number of nitrogens with zero attached hydrogens (tertiary/aromatic N) is 2. The van der Waals surface area contributed by atoms with E-state index in [4.69, 9.17) is 10.00 Å². The van der Waals surface area contributed by atoms with E-state index in [-0.39, 0.29) is 12.5 Å². The van der Waals surface area contributed by atoms with Gasteiger partial charge in [0.05, 0.1) is 18.2 Å². The average molecular weight is 342 g/mol. The van der Waals surface area contributed by atoms with Gasteiger partial charge in [-0.3, -0.25) is 4.79 Å². The summed E-state index contributed by atoms with van der Waals surface area (Å²) in [6, 6.07) is 28.2. The molecule has 0 aromatic heterocycles. The fourth-order valence-electron chi connectivity index (χ4n) is 2.58. The van der Waals surface area contributed by atoms with Crippen molar-refractivity contribution in [1.29, 1.82) is 5.26 Å². The number of carbonyl (C=O) groups is 1. The highest BCUT2D eigenvalue weighted by Crippen LogP contribution is 2.18. The molecule has 0 radical (unpaired) electrons. The topological polar surface area (TPSA) is 53.3 Å². The lowest BCUT2D eigenvalue weighted by Crippen LogP contribution is -2.34. The summed E-state index contributed by atoms with van der Waals surface area (Å²) < 4.78 is 5.61. The Balaban J connectivity index is 1.75. The number of nitriles is 1. The Morgan fingerprint density at radius 3 is 2.31 bits per heavy atom. The van der Waals surface area contributed by atoms with Crippen LogP contribution in [0.1, 0.15) is 11.1 Å². The van der Waals surface area contributed by atoms with E-state index in [0.29, 0.717) is 17.9 Å². The SMILES string of the molecule is N#Cc1cccc(OCC(=O)N(Cc2ccccc2)c2ccccc2)c1. The summed E-state index contributed by atoms with van der Waals surface area (Å²) in [6.45, 7) is 0.363. The predicted molar refractivity (Wildman–Crippen MR) is 101 cm³/mol. The molecule has 0 bridgehead atoms. The maximum absolute atomic E-state index is 12.8. The van der Waals surface area contributed by atoms with Gasteiger partial charge in [-0.2, -0.15) is 5.26 Å². The third-order valence-electron chi connectivity index (χ3n) is 3.88. The van der Waals surface area contributed by atoms with Crippen molar-refractivity contribution in [2.45, 2.75) is 6.54 Å². The number of amides is 1. The second-order valence-corrected chi connectivity index (χ2v) is 5.73. The van der Waals surface area contributed by atoms with E-state index in [0.717, 1.165) is 11.3 Å². The van der Waals surface area contributed by atoms with Crippen molar-refractivity contribution in [3.05, 3.63) is 96.1 Å². The highest BCUT2D eigenvalue weighted by Gasteiger charge is 2.17. The third kappa shape index (κ3) is 4.49. The van der Waals surface area contributed by atoms with Crippen LogP contribution in [-0.4, -0.2) is 12.5 Å². The van der Waals surface area contributed by atoms with Crippen LogP contribution in [0, 0.1) is 11.3 Å². The molecule has 0 unspecified atom stereocenters. The maximum atomic E-state index is 12.8. The molecule has 26 heavy (non-hydrogen) atoms. The third-order valence-corrected chi connectivity index (χ3v) is 3.88. The minimum Gasteiger partial charge on any atom is -0.484 e. The molecule has 0 aliphatic carbocycles. The summed E-state index contributed by atoms with van der Waals surface area (Å²) in [7, 11) is 0. The Kier molecular flexibility index (Phi) is 5.64. The maximum Gasteiger partial charge on any atom is 0.265 e. The van der Waals surface area contributed by atoms with Gasteiger partial charge in [0.15, 0.2) is 6.61 Å². The van der Waals surface area contributed by atoms with Crippen molar-refractivity contribution in [3.63, 3.8) is 0 Å². The first kappa shape index (κ1) is 17.2. The van der Waals surface area contributed by atoms with E-state index in [1.54, 1.807) is 29.2 Å². The molecule has 0 atom stereocenters. The van der Waals surface area contributed by atoms with E-state index in [9.17, 15) is 4.79 Å². The van der Waals surface area contributed by atoms with Crippen LogP contribution in [0.2, 0.25) is 0 Å². The summed E-state index contributed by atoms with van der Waals surface area (Å²) in [4.78, 5) is 14.5. The van der Waals surface area contributed by atoms with Crippen LogP contribution >= 0.6 is 0 Å². The van der Waals surface area contributed by atoms with Crippen molar-refractivity contribution in [1.82, 2.24) is 0 Å². The second kappa shape index (κ2) is 8.50. The van der Waals surface area contributed by atoms with E-state index in [2.05, 4.69) is 6.07 Å². The van der Waals surface area contributed by atoms with Crippen molar-refractivity contribution >= 4 is 11.6 Å². The lowest BCUT2D eigenvalue weighted by Gasteiger charge is -2.23. The smallest absolute Gasteiger partial charge is 0.265 e. The van der Waals surface area contributed by atoms with Gasteiger partial charge in [-0.05, 0) is 35.9 Å². The predicted octanol–water partition coefficient (Wildman–Crippen LogP) is 4.17. The van der Waals surface area contributed by atoms with Crippen LogP contribution in [0.5, 0.6) is 5.75 Å². The minimum atomic E-state index is -0.151. The van der Waals surface area contributed by atoms with Crippen LogP contribution < -0.4 is 9.64 Å². The van der Waals surface area contributed by atoms with E-state index in [1.807, 2.05) is 60.7 Å². The van der Waals surface area contributed by atoms with Crippen LogP contribution in [0.15, 0.2) is 84.9 Å².